The van der Waals surface area contributed by atoms with Gasteiger partial charge < -0.3 is 5.73 Å². The van der Waals surface area contributed by atoms with Gasteiger partial charge in [-0.1, -0.05) is 20.8 Å². The van der Waals surface area contributed by atoms with Gasteiger partial charge in [0, 0.05) is 22.4 Å². The molecule has 0 spiro atoms. The van der Waals surface area contributed by atoms with Crippen LogP contribution in [0.4, 0.5) is 0 Å². The van der Waals surface area contributed by atoms with Crippen molar-refractivity contribution < 1.29 is 0 Å². The minimum atomic E-state index is 0.193. The highest BCUT2D eigenvalue weighted by molar-refractivity contribution is 9.10. The maximum absolute atomic E-state index is 5.82. The fraction of sp³-hybridized carbons (Fsp3) is 0.692. The van der Waals surface area contributed by atoms with Crippen molar-refractivity contribution in [2.24, 2.45) is 11.1 Å². The molecule has 0 unspecified atom stereocenters. The van der Waals surface area contributed by atoms with Crippen molar-refractivity contribution in [1.82, 2.24) is 4.90 Å². The van der Waals surface area contributed by atoms with E-state index in [1.165, 1.54) is 15.8 Å². The van der Waals surface area contributed by atoms with Gasteiger partial charge in [0.05, 0.1) is 0 Å². The molecule has 0 atom stereocenters. The minimum Gasteiger partial charge on any atom is -0.330 e. The second-order valence-electron chi connectivity index (χ2n) is 5.27. The second kappa shape index (κ2) is 6.88. The van der Waals surface area contributed by atoms with Crippen LogP contribution < -0.4 is 5.73 Å². The first-order valence-electron chi connectivity index (χ1n) is 6.13. The summed E-state index contributed by atoms with van der Waals surface area (Å²) < 4.78 is 1.23. The Balaban J connectivity index is 2.63. The first-order chi connectivity index (χ1) is 7.98. The average Bonchev–Trinajstić information content (AvgIpc) is 2.64. The van der Waals surface area contributed by atoms with E-state index in [1.807, 2.05) is 11.3 Å². The predicted molar refractivity (Wildman–Crippen MR) is 80.4 cm³/mol. The lowest BCUT2D eigenvalue weighted by Gasteiger charge is -2.31. The summed E-state index contributed by atoms with van der Waals surface area (Å²) in [4.78, 5) is 3.91. The van der Waals surface area contributed by atoms with E-state index < -0.39 is 0 Å². The molecule has 0 amide bonds. The van der Waals surface area contributed by atoms with Crippen LogP contribution in [0.15, 0.2) is 15.9 Å². The van der Waals surface area contributed by atoms with Crippen molar-refractivity contribution in [3.05, 3.63) is 20.8 Å². The van der Waals surface area contributed by atoms with Crippen LogP contribution in [-0.2, 0) is 6.54 Å². The summed E-state index contributed by atoms with van der Waals surface area (Å²) in [6, 6.07) is 2.12. The van der Waals surface area contributed by atoms with E-state index in [-0.39, 0.29) is 5.41 Å². The molecule has 1 aromatic rings. The first-order valence-corrected chi connectivity index (χ1v) is 7.80. The van der Waals surface area contributed by atoms with Gasteiger partial charge in [-0.25, -0.2) is 0 Å². The Morgan fingerprint density at radius 2 is 2.18 bits per heavy atom. The van der Waals surface area contributed by atoms with Gasteiger partial charge in [-0.3, -0.25) is 4.90 Å². The molecule has 0 bridgehead atoms. The molecule has 98 valence electrons. The molecular weight excluding hydrogens is 296 g/mol. The molecule has 1 heterocycles. The van der Waals surface area contributed by atoms with Gasteiger partial charge >= 0.3 is 0 Å². The van der Waals surface area contributed by atoms with E-state index in [0.29, 0.717) is 0 Å². The van der Waals surface area contributed by atoms with Crippen LogP contribution in [0.1, 0.15) is 32.1 Å². The molecule has 1 aromatic heterocycles. The van der Waals surface area contributed by atoms with Gasteiger partial charge in [-0.2, -0.15) is 0 Å². The highest BCUT2D eigenvalue weighted by Crippen LogP contribution is 2.25. The molecule has 0 saturated carbocycles. The fourth-order valence-electron chi connectivity index (χ4n) is 1.84. The summed E-state index contributed by atoms with van der Waals surface area (Å²) in [5, 5.41) is 2.14. The SMILES string of the molecule is CCCN(Cc1sccc1Br)CC(C)(C)CN. The molecule has 0 aliphatic heterocycles. The molecule has 2 N–H and O–H groups in total. The van der Waals surface area contributed by atoms with E-state index in [2.05, 4.69) is 53.0 Å². The number of rotatable bonds is 7. The van der Waals surface area contributed by atoms with Crippen LogP contribution in [-0.4, -0.2) is 24.5 Å². The van der Waals surface area contributed by atoms with E-state index in [0.717, 1.165) is 26.2 Å². The van der Waals surface area contributed by atoms with Crippen LogP contribution in [0.5, 0.6) is 0 Å². The van der Waals surface area contributed by atoms with Crippen LogP contribution in [0.25, 0.3) is 0 Å². The smallest absolute Gasteiger partial charge is 0.0339 e. The summed E-state index contributed by atoms with van der Waals surface area (Å²) in [7, 11) is 0. The Hall–Kier alpha value is 0.1000. The molecule has 0 fully saturated rings. The summed E-state index contributed by atoms with van der Waals surface area (Å²) in [5.41, 5.74) is 6.01. The molecule has 0 aromatic carbocycles. The van der Waals surface area contributed by atoms with Crippen LogP contribution in [0.3, 0.4) is 0 Å². The van der Waals surface area contributed by atoms with Crippen LogP contribution >= 0.6 is 27.3 Å². The van der Waals surface area contributed by atoms with E-state index in [9.17, 15) is 0 Å². The number of halogens is 1. The third-order valence-electron chi connectivity index (χ3n) is 2.80. The molecular formula is C13H23BrN2S. The van der Waals surface area contributed by atoms with Gasteiger partial charge in [0.25, 0.3) is 0 Å². The first kappa shape index (κ1) is 15.2. The van der Waals surface area contributed by atoms with Crippen LogP contribution in [0.2, 0.25) is 0 Å². The summed E-state index contributed by atoms with van der Waals surface area (Å²) >= 11 is 5.42. The largest absolute Gasteiger partial charge is 0.330 e. The standard InChI is InChI=1S/C13H23BrN2S/c1-4-6-16(10-13(2,3)9-15)8-12-11(14)5-7-17-12/h5,7H,4,6,8-10,15H2,1-3H3. The normalized spacial score (nSPS) is 12.4. The monoisotopic (exact) mass is 318 g/mol. The zero-order valence-corrected chi connectivity index (χ0v) is 13.4. The highest BCUT2D eigenvalue weighted by Gasteiger charge is 2.20. The molecule has 0 saturated heterocycles. The zero-order chi connectivity index (χ0) is 12.9. The topological polar surface area (TPSA) is 29.3 Å². The lowest BCUT2D eigenvalue weighted by molar-refractivity contribution is 0.177. The quantitative estimate of drug-likeness (QED) is 0.830. The van der Waals surface area contributed by atoms with Crippen molar-refractivity contribution >= 4 is 27.3 Å². The Morgan fingerprint density at radius 1 is 1.47 bits per heavy atom. The molecule has 0 aliphatic carbocycles. The molecule has 2 nitrogen and oxygen atoms in total. The molecule has 0 aliphatic rings. The van der Waals surface area contributed by atoms with Crippen molar-refractivity contribution in [3.63, 3.8) is 0 Å². The average molecular weight is 319 g/mol. The number of nitrogens with two attached hydrogens (primary N) is 1. The summed E-state index contributed by atoms with van der Waals surface area (Å²) in [6.45, 7) is 10.6. The third kappa shape index (κ3) is 5.08. The minimum absolute atomic E-state index is 0.193. The van der Waals surface area contributed by atoms with Gasteiger partial charge in [0.15, 0.2) is 0 Å². The number of hydrogen-bond acceptors (Lipinski definition) is 3. The van der Waals surface area contributed by atoms with Gasteiger partial charge in [0.1, 0.15) is 0 Å². The molecule has 17 heavy (non-hydrogen) atoms. The van der Waals surface area contributed by atoms with Crippen molar-refractivity contribution in [2.45, 2.75) is 33.7 Å². The number of nitrogens with zero attached hydrogens (tertiary/aromatic N) is 1. The third-order valence-corrected chi connectivity index (χ3v) is 4.71. The van der Waals surface area contributed by atoms with E-state index in [1.54, 1.807) is 0 Å². The van der Waals surface area contributed by atoms with Gasteiger partial charge in [-0.15, -0.1) is 11.3 Å². The van der Waals surface area contributed by atoms with Gasteiger partial charge in [-0.05, 0) is 52.3 Å². The number of hydrogen-bond donors (Lipinski definition) is 1. The summed E-state index contributed by atoms with van der Waals surface area (Å²) in [5.74, 6) is 0. The van der Waals surface area contributed by atoms with Gasteiger partial charge in [0.2, 0.25) is 0 Å². The zero-order valence-electron chi connectivity index (χ0n) is 11.0. The summed E-state index contributed by atoms with van der Waals surface area (Å²) in [6.07, 6.45) is 1.18. The second-order valence-corrected chi connectivity index (χ2v) is 7.13. The maximum atomic E-state index is 5.82. The van der Waals surface area contributed by atoms with Crippen LogP contribution in [0, 0.1) is 5.41 Å². The highest BCUT2D eigenvalue weighted by atomic mass is 79.9. The predicted octanol–water partition coefficient (Wildman–Crippen LogP) is 3.71. The van der Waals surface area contributed by atoms with E-state index >= 15 is 0 Å². The van der Waals surface area contributed by atoms with Crippen molar-refractivity contribution in [3.8, 4) is 0 Å². The Bertz CT molecular complexity index is 336. The fourth-order valence-corrected chi connectivity index (χ4v) is 3.36. The lowest BCUT2D eigenvalue weighted by Crippen LogP contribution is -2.38. The van der Waals surface area contributed by atoms with Crippen molar-refractivity contribution in [2.75, 3.05) is 19.6 Å². The maximum Gasteiger partial charge on any atom is 0.0339 e. The molecule has 0 radical (unpaired) electrons. The molecule has 1 rings (SSSR count). The Labute approximate surface area is 117 Å². The lowest BCUT2D eigenvalue weighted by atomic mass is 9.93. The van der Waals surface area contributed by atoms with Crippen molar-refractivity contribution in [1.29, 1.82) is 0 Å². The molecule has 4 heteroatoms. The Kier molecular flexibility index (Phi) is 6.13. The van der Waals surface area contributed by atoms with E-state index in [4.69, 9.17) is 5.73 Å². The number of thiophene rings is 1. The Morgan fingerprint density at radius 3 is 2.65 bits per heavy atom.